The zero-order chi connectivity index (χ0) is 13.4. The number of nitrogens with two attached hydrogens (primary N) is 2. The molecular formula is C12H13N5O2. The molecule has 1 aromatic carbocycles. The maximum absolute atomic E-state index is 9.50. The first-order chi connectivity index (χ1) is 9.13. The first-order valence-corrected chi connectivity index (χ1v) is 5.75. The molecule has 0 radical (unpaired) electrons. The van der Waals surface area contributed by atoms with Crippen molar-refractivity contribution in [3.63, 3.8) is 0 Å². The van der Waals surface area contributed by atoms with E-state index in [0.29, 0.717) is 18.2 Å². The van der Waals surface area contributed by atoms with Crippen LogP contribution in [0.3, 0.4) is 0 Å². The van der Waals surface area contributed by atoms with Gasteiger partial charge in [0.15, 0.2) is 5.82 Å². The van der Waals surface area contributed by atoms with Gasteiger partial charge in [-0.25, -0.2) is 0 Å². The monoisotopic (exact) mass is 259 g/mol. The Hall–Kier alpha value is -2.70. The topological polar surface area (TPSA) is 119 Å². The van der Waals surface area contributed by atoms with Crippen molar-refractivity contribution >= 4 is 17.5 Å². The van der Waals surface area contributed by atoms with E-state index in [0.717, 1.165) is 5.56 Å². The largest absolute Gasteiger partial charge is 0.508 e. The Morgan fingerprint density at radius 1 is 1.32 bits per heavy atom. The van der Waals surface area contributed by atoms with E-state index >= 15 is 0 Å². The van der Waals surface area contributed by atoms with E-state index in [9.17, 15) is 5.11 Å². The molecule has 0 saturated carbocycles. The summed E-state index contributed by atoms with van der Waals surface area (Å²) < 4.78 is 5.54. The molecule has 0 amide bonds. The number of hydrogen-bond acceptors (Lipinski definition) is 7. The number of fused-ring (bicyclic) bond motifs is 1. The third kappa shape index (κ3) is 2.05. The van der Waals surface area contributed by atoms with Gasteiger partial charge in [0.25, 0.3) is 0 Å². The Morgan fingerprint density at radius 2 is 2.16 bits per heavy atom. The minimum absolute atomic E-state index is 0.0776. The quantitative estimate of drug-likeness (QED) is 0.600. The molecule has 3 rings (SSSR count). The van der Waals surface area contributed by atoms with E-state index in [2.05, 4.69) is 15.3 Å². The maximum atomic E-state index is 9.50. The Bertz CT molecular complexity index is 632. The van der Waals surface area contributed by atoms with Gasteiger partial charge in [-0.3, -0.25) is 0 Å². The molecule has 7 heteroatoms. The molecule has 7 nitrogen and oxygen atoms in total. The number of ether oxygens (including phenoxy) is 1. The number of aromatic nitrogens is 2. The lowest BCUT2D eigenvalue weighted by molar-refractivity contribution is 0.275. The number of phenols is 1. The van der Waals surface area contributed by atoms with Gasteiger partial charge in [0.1, 0.15) is 18.0 Å². The molecule has 2 heterocycles. The van der Waals surface area contributed by atoms with Crippen LogP contribution in [0.4, 0.5) is 17.5 Å². The highest BCUT2D eigenvalue weighted by molar-refractivity contribution is 5.71. The van der Waals surface area contributed by atoms with Crippen LogP contribution in [0.2, 0.25) is 0 Å². The van der Waals surface area contributed by atoms with Gasteiger partial charge < -0.3 is 26.6 Å². The number of aromatic hydroxyl groups is 1. The summed E-state index contributed by atoms with van der Waals surface area (Å²) in [6.45, 7) is 0.367. The molecule has 1 aliphatic heterocycles. The van der Waals surface area contributed by atoms with Crippen LogP contribution in [-0.4, -0.2) is 21.7 Å². The number of hydrogen-bond donors (Lipinski definition) is 4. The van der Waals surface area contributed by atoms with Crippen LogP contribution in [-0.2, 0) is 0 Å². The summed E-state index contributed by atoms with van der Waals surface area (Å²) in [5, 5.41) is 12.7. The van der Waals surface area contributed by atoms with E-state index in [1.54, 1.807) is 18.2 Å². The molecule has 19 heavy (non-hydrogen) atoms. The summed E-state index contributed by atoms with van der Waals surface area (Å²) >= 11 is 0. The molecule has 1 aliphatic rings. The van der Waals surface area contributed by atoms with Crippen LogP contribution in [0, 0.1) is 0 Å². The molecule has 0 bridgehead atoms. The standard InChI is InChI=1S/C12H13N5O2/c13-10-9-11(17-12(14)16-10)19-5-8(15-9)6-2-1-3-7(18)4-6/h1-4,8,15,18H,5H2,(H4,13,14,16,17). The predicted octanol–water partition coefficient (Wildman–Crippen LogP) is 0.892. The lowest BCUT2D eigenvalue weighted by Gasteiger charge is -2.27. The summed E-state index contributed by atoms with van der Waals surface area (Å²) in [6, 6.07) is 6.80. The normalized spacial score (nSPS) is 17.2. The second-order valence-corrected chi connectivity index (χ2v) is 4.25. The van der Waals surface area contributed by atoms with Gasteiger partial charge in [-0.15, -0.1) is 0 Å². The summed E-state index contributed by atoms with van der Waals surface area (Å²) in [5.41, 5.74) is 12.7. The molecule has 0 spiro atoms. The van der Waals surface area contributed by atoms with Crippen LogP contribution in [0.25, 0.3) is 0 Å². The fourth-order valence-corrected chi connectivity index (χ4v) is 2.01. The van der Waals surface area contributed by atoms with Gasteiger partial charge >= 0.3 is 0 Å². The van der Waals surface area contributed by atoms with E-state index in [1.165, 1.54) is 0 Å². The average Bonchev–Trinajstić information content (AvgIpc) is 2.38. The van der Waals surface area contributed by atoms with Gasteiger partial charge in [-0.1, -0.05) is 12.1 Å². The molecule has 1 unspecified atom stereocenters. The van der Waals surface area contributed by atoms with E-state index in [-0.39, 0.29) is 23.6 Å². The zero-order valence-corrected chi connectivity index (χ0v) is 10.00. The molecule has 1 atom stereocenters. The Labute approximate surface area is 109 Å². The first-order valence-electron chi connectivity index (χ1n) is 5.75. The summed E-state index contributed by atoms with van der Waals surface area (Å²) in [7, 11) is 0. The number of phenolic OH excluding ortho intramolecular Hbond substituents is 1. The molecule has 1 aromatic heterocycles. The molecule has 2 aromatic rings. The minimum Gasteiger partial charge on any atom is -0.508 e. The van der Waals surface area contributed by atoms with Gasteiger partial charge in [0.05, 0.1) is 6.04 Å². The number of anilines is 3. The van der Waals surface area contributed by atoms with Crippen LogP contribution in [0.5, 0.6) is 11.6 Å². The van der Waals surface area contributed by atoms with Gasteiger partial charge in [-0.2, -0.15) is 9.97 Å². The summed E-state index contributed by atoms with van der Waals surface area (Å²) in [4.78, 5) is 7.86. The fourth-order valence-electron chi connectivity index (χ4n) is 2.01. The molecule has 0 saturated heterocycles. The third-order valence-corrected chi connectivity index (χ3v) is 2.90. The van der Waals surface area contributed by atoms with Gasteiger partial charge in [-0.05, 0) is 17.7 Å². The van der Waals surface area contributed by atoms with Crippen molar-refractivity contribution in [2.24, 2.45) is 0 Å². The summed E-state index contributed by atoms with van der Waals surface area (Å²) in [6.07, 6.45) is 0. The second-order valence-electron chi connectivity index (χ2n) is 4.25. The van der Waals surface area contributed by atoms with E-state index in [4.69, 9.17) is 16.2 Å². The van der Waals surface area contributed by atoms with Gasteiger partial charge in [0, 0.05) is 0 Å². The SMILES string of the molecule is Nc1nc(N)c2c(n1)OCC(c1cccc(O)c1)N2. The number of nitrogen functional groups attached to an aromatic ring is 2. The molecule has 6 N–H and O–H groups in total. The highest BCUT2D eigenvalue weighted by atomic mass is 16.5. The van der Waals surface area contributed by atoms with Crippen LogP contribution >= 0.6 is 0 Å². The molecule has 0 fully saturated rings. The molecular weight excluding hydrogens is 246 g/mol. The number of nitrogens with one attached hydrogen (secondary N) is 1. The third-order valence-electron chi connectivity index (χ3n) is 2.90. The number of benzene rings is 1. The number of nitrogens with zero attached hydrogens (tertiary/aromatic N) is 2. The average molecular weight is 259 g/mol. The van der Waals surface area contributed by atoms with Crippen molar-refractivity contribution in [2.75, 3.05) is 23.4 Å². The smallest absolute Gasteiger partial charge is 0.244 e. The predicted molar refractivity (Wildman–Crippen MR) is 70.8 cm³/mol. The molecule has 0 aliphatic carbocycles. The van der Waals surface area contributed by atoms with Crippen molar-refractivity contribution in [2.45, 2.75) is 6.04 Å². The Balaban J connectivity index is 1.94. The Morgan fingerprint density at radius 3 is 2.95 bits per heavy atom. The maximum Gasteiger partial charge on any atom is 0.244 e. The van der Waals surface area contributed by atoms with Crippen LogP contribution < -0.4 is 21.5 Å². The van der Waals surface area contributed by atoms with Gasteiger partial charge in [0.2, 0.25) is 11.8 Å². The minimum atomic E-state index is -0.130. The number of rotatable bonds is 1. The highest BCUT2D eigenvalue weighted by Gasteiger charge is 2.24. The summed E-state index contributed by atoms with van der Waals surface area (Å²) in [5.74, 6) is 0.870. The highest BCUT2D eigenvalue weighted by Crippen LogP contribution is 2.36. The first kappa shape index (κ1) is 11.4. The second kappa shape index (κ2) is 4.20. The van der Waals surface area contributed by atoms with Crippen molar-refractivity contribution < 1.29 is 9.84 Å². The van der Waals surface area contributed by atoms with Crippen molar-refractivity contribution in [3.05, 3.63) is 29.8 Å². The van der Waals surface area contributed by atoms with Crippen molar-refractivity contribution in [3.8, 4) is 11.6 Å². The molecule has 98 valence electrons. The van der Waals surface area contributed by atoms with E-state index in [1.807, 2.05) is 6.07 Å². The lowest BCUT2D eigenvalue weighted by atomic mass is 10.1. The Kier molecular flexibility index (Phi) is 2.52. The van der Waals surface area contributed by atoms with Crippen molar-refractivity contribution in [1.82, 2.24) is 9.97 Å². The van der Waals surface area contributed by atoms with Crippen LogP contribution in [0.1, 0.15) is 11.6 Å². The van der Waals surface area contributed by atoms with Crippen molar-refractivity contribution in [1.29, 1.82) is 0 Å². The lowest BCUT2D eigenvalue weighted by Crippen LogP contribution is -2.26. The zero-order valence-electron chi connectivity index (χ0n) is 10.00. The van der Waals surface area contributed by atoms with E-state index < -0.39 is 0 Å². The van der Waals surface area contributed by atoms with Crippen LogP contribution in [0.15, 0.2) is 24.3 Å². The fraction of sp³-hybridized carbons (Fsp3) is 0.167.